The predicted molar refractivity (Wildman–Crippen MR) is 102 cm³/mol. The van der Waals surface area contributed by atoms with Crippen molar-refractivity contribution in [2.45, 2.75) is 78.7 Å². The van der Waals surface area contributed by atoms with E-state index in [1.54, 1.807) is 13.2 Å². The quantitative estimate of drug-likeness (QED) is 0.456. The fourth-order valence-corrected chi connectivity index (χ4v) is 5.94. The van der Waals surface area contributed by atoms with Crippen LogP contribution in [0.5, 0.6) is 0 Å². The second-order valence-corrected chi connectivity index (χ2v) is 9.55. The first-order valence-electron chi connectivity index (χ1n) is 9.89. The maximum absolute atomic E-state index is 12.8. The lowest BCUT2D eigenvalue weighted by molar-refractivity contribution is -0.221. The fraction of sp³-hybridized carbons (Fsp3) is 0.864. The van der Waals surface area contributed by atoms with E-state index in [1.807, 2.05) is 6.92 Å². The summed E-state index contributed by atoms with van der Waals surface area (Å²) in [6.45, 7) is 15.5. The zero-order chi connectivity index (χ0) is 18.9. The summed E-state index contributed by atoms with van der Waals surface area (Å²) in [5, 5.41) is 0. The second kappa shape index (κ2) is 7.52. The third-order valence-corrected chi connectivity index (χ3v) is 7.51. The average Bonchev–Trinajstić information content (AvgIpc) is 2.54. The van der Waals surface area contributed by atoms with E-state index in [0.717, 1.165) is 6.42 Å². The molecule has 2 aliphatic carbocycles. The Balaban J connectivity index is 2.38. The van der Waals surface area contributed by atoms with Gasteiger partial charge in [-0.05, 0) is 49.4 Å². The van der Waals surface area contributed by atoms with Crippen LogP contribution >= 0.6 is 0 Å². The van der Waals surface area contributed by atoms with Crippen molar-refractivity contribution in [1.82, 2.24) is 0 Å². The number of hydrogen-bond donors (Lipinski definition) is 0. The van der Waals surface area contributed by atoms with Crippen molar-refractivity contribution < 1.29 is 14.3 Å². The molecule has 0 bridgehead atoms. The molecule has 2 unspecified atom stereocenters. The highest BCUT2D eigenvalue weighted by Crippen LogP contribution is 2.63. The molecule has 0 aliphatic heterocycles. The molecule has 0 spiro atoms. The molecule has 0 aromatic rings. The molecule has 2 rings (SSSR count). The van der Waals surface area contributed by atoms with Crippen LogP contribution in [0.4, 0.5) is 0 Å². The Kier molecular flexibility index (Phi) is 6.21. The molecule has 0 N–H and O–H groups in total. The Morgan fingerprint density at radius 1 is 1.24 bits per heavy atom. The van der Waals surface area contributed by atoms with E-state index >= 15 is 0 Å². The summed E-state index contributed by atoms with van der Waals surface area (Å²) >= 11 is 0. The van der Waals surface area contributed by atoms with Gasteiger partial charge in [0, 0.05) is 25.4 Å². The third-order valence-electron chi connectivity index (χ3n) is 7.51. The summed E-state index contributed by atoms with van der Waals surface area (Å²) in [5.41, 5.74) is 0.172. The van der Waals surface area contributed by atoms with Crippen molar-refractivity contribution in [1.29, 1.82) is 0 Å². The molecule has 0 saturated heterocycles. The molecule has 0 heterocycles. The molecule has 2 saturated carbocycles. The van der Waals surface area contributed by atoms with Gasteiger partial charge < -0.3 is 9.47 Å². The van der Waals surface area contributed by atoms with Crippen molar-refractivity contribution >= 4 is 5.78 Å². The molecular formula is C22H38O3. The highest BCUT2D eigenvalue weighted by atomic mass is 16.7. The predicted octanol–water partition coefficient (Wildman–Crippen LogP) is 5.39. The number of allylic oxidation sites excluding steroid dienone is 1. The SMILES string of the molecule is C=CC(C)C(=O)C[C@H]1[C@](C)(OCOC)CCC2C(C)(C)CCC[C@@]21C. The van der Waals surface area contributed by atoms with E-state index in [9.17, 15) is 4.79 Å². The molecule has 0 radical (unpaired) electrons. The van der Waals surface area contributed by atoms with E-state index in [-0.39, 0.29) is 28.6 Å². The number of carbonyl (C=O) groups is 1. The van der Waals surface area contributed by atoms with Crippen LogP contribution in [0.2, 0.25) is 0 Å². The van der Waals surface area contributed by atoms with Crippen LogP contribution in [-0.2, 0) is 14.3 Å². The Morgan fingerprint density at radius 2 is 1.92 bits per heavy atom. The molecule has 0 aromatic heterocycles. The largest absolute Gasteiger partial charge is 0.359 e. The van der Waals surface area contributed by atoms with Gasteiger partial charge in [-0.25, -0.2) is 0 Å². The maximum Gasteiger partial charge on any atom is 0.147 e. The summed E-state index contributed by atoms with van der Waals surface area (Å²) < 4.78 is 11.4. The van der Waals surface area contributed by atoms with Gasteiger partial charge in [0.25, 0.3) is 0 Å². The van der Waals surface area contributed by atoms with Crippen LogP contribution in [0.25, 0.3) is 0 Å². The normalized spacial score (nSPS) is 38.6. The van der Waals surface area contributed by atoms with Gasteiger partial charge in [0.2, 0.25) is 0 Å². The van der Waals surface area contributed by atoms with Crippen LogP contribution in [0.3, 0.4) is 0 Å². The van der Waals surface area contributed by atoms with Gasteiger partial charge in [0.1, 0.15) is 12.6 Å². The molecule has 5 atom stereocenters. The maximum atomic E-state index is 12.8. The lowest BCUT2D eigenvalue weighted by Crippen LogP contribution is -2.59. The number of hydrogen-bond acceptors (Lipinski definition) is 3. The van der Waals surface area contributed by atoms with Gasteiger partial charge in [0.15, 0.2) is 0 Å². The van der Waals surface area contributed by atoms with Gasteiger partial charge in [-0.1, -0.05) is 40.2 Å². The Labute approximate surface area is 154 Å². The van der Waals surface area contributed by atoms with Crippen LogP contribution in [0.1, 0.15) is 73.1 Å². The van der Waals surface area contributed by atoms with E-state index in [4.69, 9.17) is 9.47 Å². The minimum Gasteiger partial charge on any atom is -0.359 e. The zero-order valence-corrected chi connectivity index (χ0v) is 17.2. The first-order chi connectivity index (χ1) is 11.6. The summed E-state index contributed by atoms with van der Waals surface area (Å²) in [4.78, 5) is 12.8. The number of ketones is 1. The molecule has 3 nitrogen and oxygen atoms in total. The van der Waals surface area contributed by atoms with Crippen LogP contribution in [0.15, 0.2) is 12.7 Å². The number of methoxy groups -OCH3 is 1. The standard InChI is InChI=1S/C22H38O3/c1-8-16(2)17(23)14-19-21(5)12-9-11-20(3,4)18(21)10-13-22(19,6)25-15-24-7/h8,16,18-19H,1,9-15H2,2-7H3/t16?,18?,19-,21+,22-/m1/s1. The Bertz CT molecular complexity index is 498. The second-order valence-electron chi connectivity index (χ2n) is 9.55. The monoisotopic (exact) mass is 350 g/mol. The van der Waals surface area contributed by atoms with Crippen LogP contribution < -0.4 is 0 Å². The summed E-state index contributed by atoms with van der Waals surface area (Å²) in [6.07, 6.45) is 8.23. The van der Waals surface area contributed by atoms with E-state index in [2.05, 4.69) is 34.3 Å². The molecule has 0 amide bonds. The minimum atomic E-state index is -0.300. The van der Waals surface area contributed by atoms with Gasteiger partial charge in [-0.2, -0.15) is 0 Å². The molecule has 3 heteroatoms. The van der Waals surface area contributed by atoms with Crippen LogP contribution in [-0.4, -0.2) is 25.3 Å². The topological polar surface area (TPSA) is 35.5 Å². The highest BCUT2D eigenvalue weighted by molar-refractivity contribution is 5.82. The molecule has 144 valence electrons. The Morgan fingerprint density at radius 3 is 2.52 bits per heavy atom. The van der Waals surface area contributed by atoms with E-state index in [1.165, 1.54) is 25.7 Å². The van der Waals surface area contributed by atoms with Gasteiger partial charge in [-0.3, -0.25) is 4.79 Å². The fourth-order valence-electron chi connectivity index (χ4n) is 5.94. The first kappa shape index (κ1) is 20.6. The van der Waals surface area contributed by atoms with Crippen molar-refractivity contribution in [2.24, 2.45) is 28.6 Å². The third kappa shape index (κ3) is 3.88. The van der Waals surface area contributed by atoms with Gasteiger partial charge >= 0.3 is 0 Å². The summed E-state index contributed by atoms with van der Waals surface area (Å²) in [7, 11) is 1.67. The first-order valence-corrected chi connectivity index (χ1v) is 9.89. The van der Waals surface area contributed by atoms with Crippen molar-refractivity contribution in [3.63, 3.8) is 0 Å². The molecule has 0 aromatic carbocycles. The molecule has 25 heavy (non-hydrogen) atoms. The number of Topliss-reactive ketones (excluding diaryl/α,β-unsaturated/α-hetero) is 1. The smallest absolute Gasteiger partial charge is 0.147 e. The van der Waals surface area contributed by atoms with Crippen molar-refractivity contribution in [3.05, 3.63) is 12.7 Å². The number of ether oxygens (including phenoxy) is 2. The molecule has 2 fully saturated rings. The van der Waals surface area contributed by atoms with E-state index < -0.39 is 0 Å². The minimum absolute atomic E-state index is 0.0905. The highest BCUT2D eigenvalue weighted by Gasteiger charge is 2.59. The van der Waals surface area contributed by atoms with Crippen LogP contribution in [0, 0.1) is 28.6 Å². The lowest BCUT2D eigenvalue weighted by Gasteiger charge is -2.62. The van der Waals surface area contributed by atoms with Crippen molar-refractivity contribution in [2.75, 3.05) is 13.9 Å². The van der Waals surface area contributed by atoms with Gasteiger partial charge in [-0.15, -0.1) is 6.58 Å². The summed E-state index contributed by atoms with van der Waals surface area (Å²) in [6, 6.07) is 0. The lowest BCUT2D eigenvalue weighted by atomic mass is 9.45. The summed E-state index contributed by atoms with van der Waals surface area (Å²) in [5.74, 6) is 1.07. The Hall–Kier alpha value is -0.670. The number of fused-ring (bicyclic) bond motifs is 1. The van der Waals surface area contributed by atoms with E-state index in [0.29, 0.717) is 24.5 Å². The number of rotatable bonds is 7. The number of carbonyl (C=O) groups excluding carboxylic acids is 1. The van der Waals surface area contributed by atoms with Gasteiger partial charge in [0.05, 0.1) is 5.60 Å². The zero-order valence-electron chi connectivity index (χ0n) is 17.2. The molecular weight excluding hydrogens is 312 g/mol. The van der Waals surface area contributed by atoms with Crippen molar-refractivity contribution in [3.8, 4) is 0 Å². The molecule has 2 aliphatic rings. The average molecular weight is 351 g/mol.